The lowest BCUT2D eigenvalue weighted by Gasteiger charge is -2.19. The Morgan fingerprint density at radius 2 is 2.00 bits per heavy atom. The predicted molar refractivity (Wildman–Crippen MR) is 85.8 cm³/mol. The molecule has 0 saturated carbocycles. The average molecular weight is 334 g/mol. The van der Waals surface area contributed by atoms with E-state index in [2.05, 4.69) is 0 Å². The highest BCUT2D eigenvalue weighted by atomic mass is 16.6. The van der Waals surface area contributed by atoms with Crippen molar-refractivity contribution in [1.29, 1.82) is 0 Å². The van der Waals surface area contributed by atoms with Gasteiger partial charge >= 0.3 is 17.9 Å². The van der Waals surface area contributed by atoms with Crippen molar-refractivity contribution < 1.29 is 28.6 Å². The highest BCUT2D eigenvalue weighted by Crippen LogP contribution is 2.30. The van der Waals surface area contributed by atoms with E-state index < -0.39 is 18.0 Å². The van der Waals surface area contributed by atoms with Crippen LogP contribution in [0.5, 0.6) is 0 Å². The summed E-state index contributed by atoms with van der Waals surface area (Å²) in [7, 11) is 0. The topological polar surface area (TPSA) is 78.9 Å². The van der Waals surface area contributed by atoms with Gasteiger partial charge in [0.25, 0.3) is 0 Å². The number of hydrogen-bond acceptors (Lipinski definition) is 6. The van der Waals surface area contributed by atoms with E-state index in [-0.39, 0.29) is 18.7 Å². The van der Waals surface area contributed by atoms with Gasteiger partial charge < -0.3 is 14.2 Å². The molecule has 1 heterocycles. The second-order valence-electron chi connectivity index (χ2n) is 5.86. The van der Waals surface area contributed by atoms with Crippen LogP contribution in [0.4, 0.5) is 0 Å². The molecule has 0 bridgehead atoms. The van der Waals surface area contributed by atoms with Crippen molar-refractivity contribution in [2.75, 3.05) is 6.61 Å². The molecule has 24 heavy (non-hydrogen) atoms. The Bertz CT molecular complexity index is 625. The summed E-state index contributed by atoms with van der Waals surface area (Å²) in [5, 5.41) is 0. The molecule has 6 nitrogen and oxygen atoms in total. The fourth-order valence-electron chi connectivity index (χ4n) is 2.76. The van der Waals surface area contributed by atoms with Crippen LogP contribution in [-0.2, 0) is 28.6 Å². The van der Waals surface area contributed by atoms with Crippen molar-refractivity contribution in [3.63, 3.8) is 0 Å². The summed E-state index contributed by atoms with van der Waals surface area (Å²) < 4.78 is 15.7. The van der Waals surface area contributed by atoms with Gasteiger partial charge in [0.15, 0.2) is 0 Å². The minimum Gasteiger partial charge on any atom is -0.461 e. The van der Waals surface area contributed by atoms with E-state index in [4.69, 9.17) is 14.2 Å². The molecule has 0 aromatic heterocycles. The second-order valence-corrected chi connectivity index (χ2v) is 5.86. The summed E-state index contributed by atoms with van der Waals surface area (Å²) in [6.07, 6.45) is 6.84. The molecule has 0 fully saturated rings. The molecule has 2 atom stereocenters. The van der Waals surface area contributed by atoms with Crippen molar-refractivity contribution in [3.8, 4) is 0 Å². The summed E-state index contributed by atoms with van der Waals surface area (Å²) in [5.74, 6) is -1.26. The lowest BCUT2D eigenvalue weighted by Crippen LogP contribution is -2.20. The third kappa shape index (κ3) is 4.57. The predicted octanol–water partition coefficient (Wildman–Crippen LogP) is 2.39. The number of allylic oxidation sites excluding steroid dienone is 1. The molecule has 0 saturated heterocycles. The maximum Gasteiger partial charge on any atom is 0.338 e. The van der Waals surface area contributed by atoms with Gasteiger partial charge in [-0.15, -0.1) is 0 Å². The smallest absolute Gasteiger partial charge is 0.338 e. The van der Waals surface area contributed by atoms with Crippen LogP contribution in [0, 0.1) is 0 Å². The Morgan fingerprint density at radius 3 is 2.67 bits per heavy atom. The van der Waals surface area contributed by atoms with Crippen molar-refractivity contribution in [2.24, 2.45) is 0 Å². The van der Waals surface area contributed by atoms with Crippen LogP contribution < -0.4 is 0 Å². The van der Waals surface area contributed by atoms with E-state index in [1.165, 1.54) is 13.8 Å². The van der Waals surface area contributed by atoms with Crippen molar-refractivity contribution in [1.82, 2.24) is 0 Å². The Hall–Kier alpha value is -2.37. The maximum atomic E-state index is 12.1. The van der Waals surface area contributed by atoms with Crippen molar-refractivity contribution >= 4 is 17.9 Å². The normalized spacial score (nSPS) is 27.5. The Labute approximate surface area is 141 Å². The van der Waals surface area contributed by atoms with E-state index in [1.54, 1.807) is 6.08 Å². The fourth-order valence-corrected chi connectivity index (χ4v) is 2.76. The molecule has 0 spiro atoms. The summed E-state index contributed by atoms with van der Waals surface area (Å²) >= 11 is 0. The lowest BCUT2D eigenvalue weighted by atomic mass is 9.95. The van der Waals surface area contributed by atoms with Crippen LogP contribution in [0.25, 0.3) is 0 Å². The van der Waals surface area contributed by atoms with Gasteiger partial charge in [-0.2, -0.15) is 0 Å². The molecule has 0 aromatic rings. The molecule has 0 N–H and O–H groups in total. The van der Waals surface area contributed by atoms with E-state index in [9.17, 15) is 14.4 Å². The fraction of sp³-hybridized carbons (Fsp3) is 0.500. The van der Waals surface area contributed by atoms with E-state index in [1.807, 2.05) is 19.1 Å². The molecule has 2 rings (SSSR count). The lowest BCUT2D eigenvalue weighted by molar-refractivity contribution is -0.145. The van der Waals surface area contributed by atoms with Crippen LogP contribution in [0.3, 0.4) is 0 Å². The van der Waals surface area contributed by atoms with Gasteiger partial charge in [-0.05, 0) is 37.0 Å². The Morgan fingerprint density at radius 1 is 1.25 bits per heavy atom. The van der Waals surface area contributed by atoms with Crippen molar-refractivity contribution in [3.05, 3.63) is 34.9 Å². The van der Waals surface area contributed by atoms with Crippen LogP contribution in [0.15, 0.2) is 34.9 Å². The molecule has 0 unspecified atom stereocenters. The molecule has 0 amide bonds. The number of carbonyl (C=O) groups excluding carboxylic acids is 3. The number of ether oxygens (including phenoxy) is 3. The minimum absolute atomic E-state index is 0.0794. The first kappa shape index (κ1) is 18.0. The number of fused-ring (bicyclic) bond motifs is 1. The first-order valence-corrected chi connectivity index (χ1v) is 7.95. The van der Waals surface area contributed by atoms with Gasteiger partial charge in [-0.3, -0.25) is 9.59 Å². The van der Waals surface area contributed by atoms with Gasteiger partial charge in [-0.1, -0.05) is 12.2 Å². The van der Waals surface area contributed by atoms with Gasteiger partial charge in [0, 0.05) is 20.3 Å². The first-order valence-electron chi connectivity index (χ1n) is 7.95. The third-order valence-electron chi connectivity index (χ3n) is 3.96. The number of rotatable bonds is 3. The molecule has 1 aliphatic heterocycles. The molecule has 1 aliphatic carbocycles. The zero-order chi connectivity index (χ0) is 17.7. The summed E-state index contributed by atoms with van der Waals surface area (Å²) in [4.78, 5) is 34.4. The van der Waals surface area contributed by atoms with Crippen molar-refractivity contribution in [2.45, 2.75) is 52.2 Å². The summed E-state index contributed by atoms with van der Waals surface area (Å²) in [5.41, 5.74) is 2.03. The average Bonchev–Trinajstić information content (AvgIpc) is 2.78. The molecule has 130 valence electrons. The molecule has 0 aromatic carbocycles. The monoisotopic (exact) mass is 334 g/mol. The van der Waals surface area contributed by atoms with Crippen LogP contribution in [0.1, 0.15) is 40.0 Å². The molecular formula is C18H22O6. The Balaban J connectivity index is 2.30. The number of esters is 3. The van der Waals surface area contributed by atoms with Gasteiger partial charge in [0.1, 0.15) is 18.8 Å². The third-order valence-corrected chi connectivity index (χ3v) is 3.96. The zero-order valence-electron chi connectivity index (χ0n) is 14.2. The largest absolute Gasteiger partial charge is 0.461 e. The van der Waals surface area contributed by atoms with E-state index in [0.29, 0.717) is 18.4 Å². The quantitative estimate of drug-likeness (QED) is 0.448. The zero-order valence-corrected chi connectivity index (χ0v) is 14.2. The van der Waals surface area contributed by atoms with E-state index in [0.717, 1.165) is 17.6 Å². The highest BCUT2D eigenvalue weighted by molar-refractivity contribution is 5.93. The van der Waals surface area contributed by atoms with Gasteiger partial charge in [-0.25, -0.2) is 4.79 Å². The maximum absolute atomic E-state index is 12.1. The summed E-state index contributed by atoms with van der Waals surface area (Å²) in [6.45, 7) is 4.43. The minimum atomic E-state index is -0.507. The SMILES string of the molecule is CC(=O)OCC1=C2CC/C=C/C[C@H](OC(C)=O)/C(C)=C/[C@H]2OC1=O. The first-order chi connectivity index (χ1) is 11.4. The van der Waals surface area contributed by atoms with Gasteiger partial charge in [0.2, 0.25) is 0 Å². The van der Waals surface area contributed by atoms with Gasteiger partial charge in [0.05, 0.1) is 5.57 Å². The van der Waals surface area contributed by atoms with E-state index >= 15 is 0 Å². The standard InChI is InChI=1S/C18H22O6/c1-11-9-17-14(15(18(21)24-17)10-22-12(2)19)7-5-4-6-8-16(11)23-13(3)20/h4,6,9,16-17H,5,7-8,10H2,1-3H3/b6-4+,11-9+/t16-,17+/m0/s1. The molecular weight excluding hydrogens is 312 g/mol. The van der Waals surface area contributed by atoms with Crippen LogP contribution in [0.2, 0.25) is 0 Å². The molecule has 0 radical (unpaired) electrons. The molecule has 2 aliphatic rings. The number of hydrogen-bond donors (Lipinski definition) is 0. The summed E-state index contributed by atoms with van der Waals surface area (Å²) in [6, 6.07) is 0. The second kappa shape index (κ2) is 7.95. The Kier molecular flexibility index (Phi) is 5.95. The molecule has 6 heteroatoms. The van der Waals surface area contributed by atoms with Crippen LogP contribution >= 0.6 is 0 Å². The number of carbonyl (C=O) groups is 3. The highest BCUT2D eigenvalue weighted by Gasteiger charge is 2.33. The van der Waals surface area contributed by atoms with Crippen LogP contribution in [-0.4, -0.2) is 36.7 Å².